The van der Waals surface area contributed by atoms with E-state index < -0.39 is 0 Å². The van der Waals surface area contributed by atoms with Gasteiger partial charge in [0.05, 0.1) is 0 Å². The number of hydrogen-bond donors (Lipinski definition) is 0. The molecule has 0 unspecified atom stereocenters. The molecule has 0 rings (SSSR count). The molecule has 12 heavy (non-hydrogen) atoms. The molecule has 0 spiro atoms. The van der Waals surface area contributed by atoms with Gasteiger partial charge < -0.3 is 0 Å². The zero-order valence-corrected chi connectivity index (χ0v) is 9.74. The van der Waals surface area contributed by atoms with Crippen molar-refractivity contribution in [3.05, 3.63) is 24.6 Å². The van der Waals surface area contributed by atoms with Crippen molar-refractivity contribution in [3.8, 4) is 0 Å². The Morgan fingerprint density at radius 2 is 1.58 bits per heavy atom. The number of allylic oxidation sites excluding steroid dienone is 1. The van der Waals surface area contributed by atoms with E-state index in [1.807, 2.05) is 34.6 Å². The Labute approximate surface area is 81.8 Å². The average Bonchev–Trinajstić information content (AvgIpc) is 2.20. The molecule has 72 valence electrons. The standard InChI is InChI=1S/C6H9NS.2C2H6/c1-4-6(3)7-8-5-2;2*1-2/h4-5H,1-2H2,3H3;2*1-2H3/b7-6-;;. The monoisotopic (exact) mass is 187 g/mol. The first kappa shape index (κ1) is 17.5. The zero-order chi connectivity index (χ0) is 10.4. The third-order valence-corrected chi connectivity index (χ3v) is 1.11. The molecule has 0 aliphatic carbocycles. The summed E-state index contributed by atoms with van der Waals surface area (Å²) in [5.74, 6) is 0. The van der Waals surface area contributed by atoms with Crippen LogP contribution in [0.25, 0.3) is 0 Å². The highest BCUT2D eigenvalue weighted by atomic mass is 32.2. The molecule has 0 bridgehead atoms. The van der Waals surface area contributed by atoms with E-state index in [9.17, 15) is 0 Å². The molecule has 0 heterocycles. The molecule has 2 heteroatoms. The molecule has 0 saturated heterocycles. The fourth-order valence-electron chi connectivity index (χ4n) is 0.158. The Balaban J connectivity index is -0.000000175. The van der Waals surface area contributed by atoms with Crippen LogP contribution in [0.1, 0.15) is 34.6 Å². The zero-order valence-electron chi connectivity index (χ0n) is 8.92. The van der Waals surface area contributed by atoms with E-state index in [4.69, 9.17) is 0 Å². The molecular formula is C10H21NS. The van der Waals surface area contributed by atoms with Crippen LogP contribution in [-0.4, -0.2) is 5.71 Å². The minimum Gasteiger partial charge on any atom is -0.217 e. The van der Waals surface area contributed by atoms with Crippen molar-refractivity contribution >= 4 is 17.7 Å². The molecule has 0 saturated carbocycles. The fourth-order valence-corrected chi connectivity index (χ4v) is 0.473. The molecule has 0 aromatic heterocycles. The van der Waals surface area contributed by atoms with Crippen LogP contribution in [0.2, 0.25) is 0 Å². The third-order valence-electron chi connectivity index (χ3n) is 0.567. The Morgan fingerprint density at radius 1 is 1.17 bits per heavy atom. The largest absolute Gasteiger partial charge is 0.217 e. The quantitative estimate of drug-likeness (QED) is 0.469. The van der Waals surface area contributed by atoms with Crippen LogP contribution in [0.5, 0.6) is 0 Å². The molecule has 0 aliphatic rings. The van der Waals surface area contributed by atoms with Gasteiger partial charge in [-0.15, -0.1) is 0 Å². The van der Waals surface area contributed by atoms with Crippen LogP contribution in [-0.2, 0) is 0 Å². The molecule has 1 nitrogen and oxygen atoms in total. The van der Waals surface area contributed by atoms with Crippen LogP contribution in [0.3, 0.4) is 0 Å². The lowest BCUT2D eigenvalue weighted by molar-refractivity contribution is 1.50. The van der Waals surface area contributed by atoms with Crippen molar-refractivity contribution in [2.24, 2.45) is 4.40 Å². The SMILES string of the molecule is C=CS/N=C(/C)C=C.CC.CC. The van der Waals surface area contributed by atoms with Gasteiger partial charge >= 0.3 is 0 Å². The minimum atomic E-state index is 0.926. The van der Waals surface area contributed by atoms with Gasteiger partial charge in [0.1, 0.15) is 0 Å². The maximum absolute atomic E-state index is 3.96. The maximum atomic E-state index is 3.96. The maximum Gasteiger partial charge on any atom is 0.0454 e. The van der Waals surface area contributed by atoms with Gasteiger partial charge in [0.2, 0.25) is 0 Å². The summed E-state index contributed by atoms with van der Waals surface area (Å²) in [7, 11) is 0. The molecule has 0 aromatic rings. The van der Waals surface area contributed by atoms with Crippen molar-refractivity contribution in [1.29, 1.82) is 0 Å². The molecule has 0 aliphatic heterocycles. The normalized spacial score (nSPS) is 8.25. The summed E-state index contributed by atoms with van der Waals surface area (Å²) in [5, 5.41) is 1.67. The second kappa shape index (κ2) is 22.4. The van der Waals surface area contributed by atoms with Gasteiger partial charge in [0.25, 0.3) is 0 Å². The number of nitrogens with zero attached hydrogens (tertiary/aromatic N) is 1. The Morgan fingerprint density at radius 3 is 1.83 bits per heavy atom. The Hall–Kier alpha value is -0.500. The van der Waals surface area contributed by atoms with Crippen molar-refractivity contribution in [2.45, 2.75) is 34.6 Å². The van der Waals surface area contributed by atoms with Gasteiger partial charge in [-0.2, -0.15) is 0 Å². The van der Waals surface area contributed by atoms with E-state index in [1.165, 1.54) is 11.9 Å². The number of rotatable bonds is 3. The first-order valence-electron chi connectivity index (χ1n) is 4.25. The second-order valence-corrected chi connectivity index (χ2v) is 1.94. The van der Waals surface area contributed by atoms with E-state index in [-0.39, 0.29) is 0 Å². The molecule has 0 aromatic carbocycles. The van der Waals surface area contributed by atoms with Gasteiger partial charge in [0, 0.05) is 17.7 Å². The summed E-state index contributed by atoms with van der Waals surface area (Å²) in [6.45, 7) is 16.9. The molecule has 0 fully saturated rings. The predicted molar refractivity (Wildman–Crippen MR) is 63.8 cm³/mol. The summed E-state index contributed by atoms with van der Waals surface area (Å²) in [6, 6.07) is 0. The van der Waals surface area contributed by atoms with Crippen molar-refractivity contribution in [1.82, 2.24) is 0 Å². The van der Waals surface area contributed by atoms with Crippen molar-refractivity contribution < 1.29 is 0 Å². The van der Waals surface area contributed by atoms with E-state index >= 15 is 0 Å². The highest BCUT2D eigenvalue weighted by molar-refractivity contribution is 8.01. The van der Waals surface area contributed by atoms with Crippen molar-refractivity contribution in [2.75, 3.05) is 0 Å². The van der Waals surface area contributed by atoms with Gasteiger partial charge in [-0.25, -0.2) is 4.40 Å². The lowest BCUT2D eigenvalue weighted by atomic mass is 10.4. The molecule has 0 radical (unpaired) electrons. The predicted octanol–water partition coefficient (Wildman–Crippen LogP) is 4.48. The highest BCUT2D eigenvalue weighted by Gasteiger charge is 1.75. The smallest absolute Gasteiger partial charge is 0.0454 e. The van der Waals surface area contributed by atoms with Crippen molar-refractivity contribution in [3.63, 3.8) is 0 Å². The van der Waals surface area contributed by atoms with E-state index in [1.54, 1.807) is 11.5 Å². The first-order valence-corrected chi connectivity index (χ1v) is 5.08. The summed E-state index contributed by atoms with van der Waals surface area (Å²) >= 11 is 1.32. The Kier molecular flexibility index (Phi) is 32.8. The minimum absolute atomic E-state index is 0.926. The third kappa shape index (κ3) is 22.7. The topological polar surface area (TPSA) is 12.4 Å². The van der Waals surface area contributed by atoms with Crippen LogP contribution in [0.4, 0.5) is 0 Å². The summed E-state index contributed by atoms with van der Waals surface area (Å²) in [4.78, 5) is 0. The van der Waals surface area contributed by atoms with Gasteiger partial charge in [-0.05, 0) is 18.4 Å². The van der Waals surface area contributed by atoms with Crippen LogP contribution < -0.4 is 0 Å². The first-order chi connectivity index (χ1) is 5.81. The van der Waals surface area contributed by atoms with Gasteiger partial charge in [0.15, 0.2) is 0 Å². The molecule has 0 amide bonds. The van der Waals surface area contributed by atoms with Crippen LogP contribution >= 0.6 is 11.9 Å². The Bertz CT molecular complexity index is 117. The second-order valence-electron chi connectivity index (χ2n) is 1.21. The van der Waals surface area contributed by atoms with E-state index in [0.717, 1.165) is 5.71 Å². The highest BCUT2D eigenvalue weighted by Crippen LogP contribution is 2.01. The van der Waals surface area contributed by atoms with E-state index in [2.05, 4.69) is 17.6 Å². The lowest BCUT2D eigenvalue weighted by Gasteiger charge is -1.83. The fraction of sp³-hybridized carbons (Fsp3) is 0.500. The molecule has 0 N–H and O–H groups in total. The molecular weight excluding hydrogens is 166 g/mol. The van der Waals surface area contributed by atoms with Gasteiger partial charge in [-0.1, -0.05) is 40.9 Å². The summed E-state index contributed by atoms with van der Waals surface area (Å²) in [5.41, 5.74) is 0.926. The molecule has 0 atom stereocenters. The average molecular weight is 187 g/mol. The van der Waals surface area contributed by atoms with E-state index in [0.29, 0.717) is 0 Å². The number of hydrogen-bond acceptors (Lipinski definition) is 2. The lowest BCUT2D eigenvalue weighted by Crippen LogP contribution is -1.76. The van der Waals surface area contributed by atoms with Crippen LogP contribution in [0, 0.1) is 0 Å². The van der Waals surface area contributed by atoms with Crippen LogP contribution in [0.15, 0.2) is 29.0 Å². The van der Waals surface area contributed by atoms with Gasteiger partial charge in [-0.3, -0.25) is 0 Å². The summed E-state index contributed by atoms with van der Waals surface area (Å²) < 4.78 is 3.96. The summed E-state index contributed by atoms with van der Waals surface area (Å²) in [6.07, 6.45) is 1.70.